The van der Waals surface area contributed by atoms with Gasteiger partial charge in [-0.2, -0.15) is 0 Å². The van der Waals surface area contributed by atoms with E-state index < -0.39 is 5.97 Å². The van der Waals surface area contributed by atoms with E-state index in [2.05, 4.69) is 20.8 Å². The van der Waals surface area contributed by atoms with Crippen molar-refractivity contribution in [2.75, 3.05) is 37.4 Å². The predicted molar refractivity (Wildman–Crippen MR) is 77.5 cm³/mol. The van der Waals surface area contributed by atoms with Gasteiger partial charge in [0.2, 0.25) is 0 Å². The molecule has 19 heavy (non-hydrogen) atoms. The zero-order valence-corrected chi connectivity index (χ0v) is 12.6. The van der Waals surface area contributed by atoms with Gasteiger partial charge < -0.3 is 20.1 Å². The van der Waals surface area contributed by atoms with E-state index in [1.54, 1.807) is 12.1 Å². The average molecular weight is 329 g/mol. The Morgan fingerprint density at radius 1 is 1.58 bits per heavy atom. The molecule has 0 aliphatic carbocycles. The molecule has 1 atom stereocenters. The molecule has 1 aromatic rings. The molecule has 104 valence electrons. The van der Waals surface area contributed by atoms with Crippen molar-refractivity contribution in [2.24, 2.45) is 0 Å². The molecular formula is C13H17BrN2O3. The molecule has 0 amide bonds. The monoisotopic (exact) mass is 328 g/mol. The Morgan fingerprint density at radius 2 is 2.32 bits per heavy atom. The molecule has 0 radical (unpaired) electrons. The molecule has 0 spiro atoms. The van der Waals surface area contributed by atoms with E-state index in [-0.39, 0.29) is 6.10 Å². The maximum atomic E-state index is 11.7. The van der Waals surface area contributed by atoms with E-state index in [1.165, 1.54) is 7.11 Å². The number of halogens is 1. The number of nitrogens with two attached hydrogens (primary N) is 1. The molecule has 0 bridgehead atoms. The van der Waals surface area contributed by atoms with E-state index in [0.717, 1.165) is 23.2 Å². The van der Waals surface area contributed by atoms with E-state index in [4.69, 9.17) is 15.2 Å². The first-order valence-corrected chi connectivity index (χ1v) is 6.86. The quantitative estimate of drug-likeness (QED) is 0.664. The fraction of sp³-hybridized carbons (Fsp3) is 0.462. The molecule has 0 saturated carbocycles. The highest BCUT2D eigenvalue weighted by atomic mass is 79.9. The van der Waals surface area contributed by atoms with E-state index in [0.29, 0.717) is 17.9 Å². The molecule has 2 N–H and O–H groups in total. The number of anilines is 2. The van der Waals surface area contributed by atoms with E-state index in [9.17, 15) is 4.79 Å². The van der Waals surface area contributed by atoms with Crippen LogP contribution in [0, 0.1) is 0 Å². The number of ether oxygens (including phenoxy) is 2. The first kappa shape index (κ1) is 14.1. The number of rotatable bonds is 2. The highest BCUT2D eigenvalue weighted by Crippen LogP contribution is 2.32. The van der Waals surface area contributed by atoms with Crippen LogP contribution in [0.2, 0.25) is 0 Å². The Morgan fingerprint density at radius 3 is 2.95 bits per heavy atom. The third kappa shape index (κ3) is 3.01. The highest BCUT2D eigenvalue weighted by molar-refractivity contribution is 9.10. The predicted octanol–water partition coefficient (Wildman–Crippen LogP) is 2.04. The number of nitrogens with zero attached hydrogens (tertiary/aromatic N) is 1. The molecule has 1 aliphatic rings. The van der Waals surface area contributed by atoms with Crippen LogP contribution in [0.3, 0.4) is 0 Å². The summed E-state index contributed by atoms with van der Waals surface area (Å²) in [6.07, 6.45) is 0.166. The topological polar surface area (TPSA) is 64.8 Å². The second-order valence-electron chi connectivity index (χ2n) is 4.51. The average Bonchev–Trinajstić information content (AvgIpc) is 2.38. The van der Waals surface area contributed by atoms with Crippen molar-refractivity contribution >= 4 is 33.3 Å². The number of hydrogen-bond acceptors (Lipinski definition) is 5. The summed E-state index contributed by atoms with van der Waals surface area (Å²) in [6.45, 7) is 4.26. The van der Waals surface area contributed by atoms with Crippen molar-refractivity contribution in [1.29, 1.82) is 0 Å². The summed E-state index contributed by atoms with van der Waals surface area (Å²) in [7, 11) is 1.35. The molecule has 6 heteroatoms. The summed E-state index contributed by atoms with van der Waals surface area (Å²) >= 11 is 3.49. The van der Waals surface area contributed by atoms with Gasteiger partial charge in [-0.25, -0.2) is 4.79 Å². The van der Waals surface area contributed by atoms with E-state index in [1.807, 2.05) is 6.92 Å². The third-order valence-electron chi connectivity index (χ3n) is 3.11. The summed E-state index contributed by atoms with van der Waals surface area (Å²) in [4.78, 5) is 13.9. The summed E-state index contributed by atoms with van der Waals surface area (Å²) in [5.41, 5.74) is 7.58. The minimum Gasteiger partial charge on any atom is -0.465 e. The van der Waals surface area contributed by atoms with Crippen LogP contribution in [0.4, 0.5) is 11.4 Å². The van der Waals surface area contributed by atoms with Crippen molar-refractivity contribution in [3.63, 3.8) is 0 Å². The van der Waals surface area contributed by atoms with Gasteiger partial charge in [0.15, 0.2) is 0 Å². The Kier molecular flexibility index (Phi) is 4.31. The molecule has 1 unspecified atom stereocenters. The number of carbonyl (C=O) groups excluding carboxylic acids is 1. The minimum absolute atomic E-state index is 0.166. The van der Waals surface area contributed by atoms with Crippen LogP contribution in [-0.4, -0.2) is 38.9 Å². The van der Waals surface area contributed by atoms with E-state index >= 15 is 0 Å². The van der Waals surface area contributed by atoms with Gasteiger partial charge >= 0.3 is 5.97 Å². The standard InChI is InChI=1S/C13H17BrN2O3/c1-8-7-16(3-4-19-8)12-5-9(13(17)18-2)11(15)6-10(12)14/h5-6,8H,3-4,7,15H2,1-2H3. The number of esters is 1. The Balaban J connectivity index is 2.36. The Bertz CT molecular complexity index is 493. The second kappa shape index (κ2) is 5.79. The maximum absolute atomic E-state index is 11.7. The molecule has 1 fully saturated rings. The molecule has 1 aromatic carbocycles. The fourth-order valence-corrected chi connectivity index (χ4v) is 2.76. The number of methoxy groups -OCH3 is 1. The van der Waals surface area contributed by atoms with Crippen LogP contribution in [0.15, 0.2) is 16.6 Å². The van der Waals surface area contributed by atoms with Crippen LogP contribution in [0.25, 0.3) is 0 Å². The maximum Gasteiger partial charge on any atom is 0.340 e. The van der Waals surface area contributed by atoms with Crippen molar-refractivity contribution in [3.8, 4) is 0 Å². The molecular weight excluding hydrogens is 312 g/mol. The smallest absolute Gasteiger partial charge is 0.340 e. The summed E-state index contributed by atoms with van der Waals surface area (Å²) in [6, 6.07) is 3.50. The van der Waals surface area contributed by atoms with Crippen LogP contribution in [0.5, 0.6) is 0 Å². The van der Waals surface area contributed by atoms with Crippen LogP contribution < -0.4 is 10.6 Å². The summed E-state index contributed by atoms with van der Waals surface area (Å²) in [5.74, 6) is -0.424. The van der Waals surface area contributed by atoms with Gasteiger partial charge in [-0.05, 0) is 35.0 Å². The summed E-state index contributed by atoms with van der Waals surface area (Å²) < 4.78 is 11.1. The minimum atomic E-state index is -0.424. The second-order valence-corrected chi connectivity index (χ2v) is 5.36. The molecule has 5 nitrogen and oxygen atoms in total. The van der Waals surface area contributed by atoms with Crippen LogP contribution in [0.1, 0.15) is 17.3 Å². The molecule has 0 aromatic heterocycles. The first-order valence-electron chi connectivity index (χ1n) is 6.06. The van der Waals surface area contributed by atoms with Gasteiger partial charge in [-0.15, -0.1) is 0 Å². The van der Waals surface area contributed by atoms with Gasteiger partial charge in [0.05, 0.1) is 31.1 Å². The molecule has 1 aliphatic heterocycles. The number of nitrogen functional groups attached to an aromatic ring is 1. The van der Waals surface area contributed by atoms with Gasteiger partial charge in [0, 0.05) is 23.2 Å². The van der Waals surface area contributed by atoms with Gasteiger partial charge in [-0.1, -0.05) is 0 Å². The largest absolute Gasteiger partial charge is 0.465 e. The van der Waals surface area contributed by atoms with Crippen molar-refractivity contribution in [1.82, 2.24) is 0 Å². The van der Waals surface area contributed by atoms with Crippen molar-refractivity contribution in [3.05, 3.63) is 22.2 Å². The summed E-state index contributed by atoms with van der Waals surface area (Å²) in [5, 5.41) is 0. The lowest BCUT2D eigenvalue weighted by Gasteiger charge is -2.33. The highest BCUT2D eigenvalue weighted by Gasteiger charge is 2.21. The molecule has 1 heterocycles. The van der Waals surface area contributed by atoms with Crippen LogP contribution >= 0.6 is 15.9 Å². The normalized spacial score (nSPS) is 19.3. The molecule has 2 rings (SSSR count). The van der Waals surface area contributed by atoms with Crippen LogP contribution in [-0.2, 0) is 9.47 Å². The van der Waals surface area contributed by atoms with Gasteiger partial charge in [0.1, 0.15) is 0 Å². The zero-order valence-electron chi connectivity index (χ0n) is 11.0. The number of benzene rings is 1. The number of carbonyl (C=O) groups is 1. The zero-order chi connectivity index (χ0) is 14.0. The fourth-order valence-electron chi connectivity index (χ4n) is 2.14. The number of hydrogen-bond donors (Lipinski definition) is 1. The number of morpholine rings is 1. The van der Waals surface area contributed by atoms with Gasteiger partial charge in [0.25, 0.3) is 0 Å². The Hall–Kier alpha value is -1.27. The third-order valence-corrected chi connectivity index (χ3v) is 3.74. The first-order chi connectivity index (χ1) is 9.02. The molecule has 1 saturated heterocycles. The van der Waals surface area contributed by atoms with Crippen molar-refractivity contribution in [2.45, 2.75) is 13.0 Å². The lowest BCUT2D eigenvalue weighted by molar-refractivity contribution is 0.0532. The van der Waals surface area contributed by atoms with Gasteiger partial charge in [-0.3, -0.25) is 0 Å². The SMILES string of the molecule is COC(=O)c1cc(N2CCOC(C)C2)c(Br)cc1N. The Labute approximate surface area is 120 Å². The van der Waals surface area contributed by atoms with Crippen molar-refractivity contribution < 1.29 is 14.3 Å². The lowest BCUT2D eigenvalue weighted by Crippen LogP contribution is -2.41. The lowest BCUT2D eigenvalue weighted by atomic mass is 10.1.